The summed E-state index contributed by atoms with van der Waals surface area (Å²) in [5.74, 6) is 0.876. The van der Waals surface area contributed by atoms with E-state index < -0.39 is 4.92 Å². The first-order chi connectivity index (χ1) is 11.1. The van der Waals surface area contributed by atoms with Gasteiger partial charge in [0.2, 0.25) is 0 Å². The number of nitro groups is 1. The Hall–Kier alpha value is -3.36. The monoisotopic (exact) mass is 311 g/mol. The molecule has 0 saturated carbocycles. The van der Waals surface area contributed by atoms with E-state index in [2.05, 4.69) is 25.4 Å². The zero-order valence-corrected chi connectivity index (χ0v) is 12.2. The summed E-state index contributed by atoms with van der Waals surface area (Å²) in [6, 6.07) is 5.60. The van der Waals surface area contributed by atoms with Crippen molar-refractivity contribution >= 4 is 11.5 Å². The standard InChI is InChI=1S/C14H13N7O2/c1-10-5-13(16-7-11-3-2-4-15-6-11)19-14(18-10)20-9-12(8-17-20)21(22)23/h2-6,8-9H,7H2,1H3,(H,16,18,19). The highest BCUT2D eigenvalue weighted by atomic mass is 16.6. The number of pyridine rings is 1. The number of aromatic nitrogens is 5. The average molecular weight is 311 g/mol. The molecular formula is C14H13N7O2. The Morgan fingerprint density at radius 1 is 1.35 bits per heavy atom. The van der Waals surface area contributed by atoms with Crippen molar-refractivity contribution in [2.75, 3.05) is 5.32 Å². The molecule has 0 aliphatic carbocycles. The van der Waals surface area contributed by atoms with Gasteiger partial charge < -0.3 is 5.32 Å². The van der Waals surface area contributed by atoms with Gasteiger partial charge in [-0.2, -0.15) is 14.8 Å². The third-order valence-electron chi connectivity index (χ3n) is 3.02. The second kappa shape index (κ2) is 6.18. The van der Waals surface area contributed by atoms with E-state index in [9.17, 15) is 10.1 Å². The molecule has 0 atom stereocenters. The van der Waals surface area contributed by atoms with Gasteiger partial charge in [0, 0.05) is 30.7 Å². The largest absolute Gasteiger partial charge is 0.366 e. The number of aryl methyl sites for hydroxylation is 1. The Morgan fingerprint density at radius 2 is 2.22 bits per heavy atom. The Balaban J connectivity index is 1.82. The second-order valence-corrected chi connectivity index (χ2v) is 4.81. The predicted octanol–water partition coefficient (Wildman–Crippen LogP) is 1.89. The van der Waals surface area contributed by atoms with Crippen molar-refractivity contribution < 1.29 is 4.92 Å². The maximum atomic E-state index is 10.7. The lowest BCUT2D eigenvalue weighted by Gasteiger charge is -2.08. The topological polar surface area (TPSA) is 112 Å². The fourth-order valence-electron chi connectivity index (χ4n) is 1.96. The van der Waals surface area contributed by atoms with E-state index in [-0.39, 0.29) is 11.6 Å². The Labute approximate surface area is 131 Å². The van der Waals surface area contributed by atoms with Crippen molar-refractivity contribution in [1.29, 1.82) is 0 Å². The van der Waals surface area contributed by atoms with E-state index >= 15 is 0 Å². The second-order valence-electron chi connectivity index (χ2n) is 4.81. The molecule has 0 saturated heterocycles. The van der Waals surface area contributed by atoms with Gasteiger partial charge >= 0.3 is 5.69 Å². The number of rotatable bonds is 5. The summed E-state index contributed by atoms with van der Waals surface area (Å²) in [7, 11) is 0. The number of anilines is 1. The Morgan fingerprint density at radius 3 is 2.91 bits per heavy atom. The van der Waals surface area contributed by atoms with E-state index in [0.717, 1.165) is 17.5 Å². The fourth-order valence-corrected chi connectivity index (χ4v) is 1.96. The Kier molecular flexibility index (Phi) is 3.91. The van der Waals surface area contributed by atoms with E-state index in [1.54, 1.807) is 18.5 Å². The third-order valence-corrected chi connectivity index (χ3v) is 3.02. The highest BCUT2D eigenvalue weighted by Crippen LogP contribution is 2.14. The van der Waals surface area contributed by atoms with Crippen LogP contribution in [0.2, 0.25) is 0 Å². The lowest BCUT2D eigenvalue weighted by atomic mass is 10.3. The number of hydrogen-bond acceptors (Lipinski definition) is 7. The van der Waals surface area contributed by atoms with Gasteiger partial charge in [0.15, 0.2) is 0 Å². The minimum Gasteiger partial charge on any atom is -0.366 e. The van der Waals surface area contributed by atoms with Crippen molar-refractivity contribution in [3.8, 4) is 5.95 Å². The van der Waals surface area contributed by atoms with Crippen LogP contribution >= 0.6 is 0 Å². The zero-order chi connectivity index (χ0) is 16.2. The van der Waals surface area contributed by atoms with Crippen LogP contribution in [0.3, 0.4) is 0 Å². The molecule has 116 valence electrons. The summed E-state index contributed by atoms with van der Waals surface area (Å²) in [4.78, 5) is 22.8. The molecule has 9 heteroatoms. The zero-order valence-electron chi connectivity index (χ0n) is 12.2. The molecule has 3 aromatic rings. The quantitative estimate of drug-likeness (QED) is 0.565. The molecular weight excluding hydrogens is 298 g/mol. The van der Waals surface area contributed by atoms with Crippen LogP contribution in [0.5, 0.6) is 0 Å². The molecule has 0 fully saturated rings. The molecule has 0 aliphatic heterocycles. The van der Waals surface area contributed by atoms with Crippen molar-refractivity contribution in [3.05, 3.63) is 64.4 Å². The third kappa shape index (κ3) is 3.46. The van der Waals surface area contributed by atoms with Gasteiger partial charge in [-0.05, 0) is 18.6 Å². The van der Waals surface area contributed by atoms with E-state index in [1.165, 1.54) is 10.9 Å². The lowest BCUT2D eigenvalue weighted by molar-refractivity contribution is -0.384. The van der Waals surface area contributed by atoms with Crippen LogP contribution in [0.1, 0.15) is 11.3 Å². The predicted molar refractivity (Wildman–Crippen MR) is 82.1 cm³/mol. The molecule has 3 rings (SSSR count). The highest BCUT2D eigenvalue weighted by Gasteiger charge is 2.12. The first-order valence-electron chi connectivity index (χ1n) is 6.80. The van der Waals surface area contributed by atoms with Gasteiger partial charge in [0.05, 0.1) is 4.92 Å². The minimum absolute atomic E-state index is 0.111. The fraction of sp³-hybridized carbons (Fsp3) is 0.143. The van der Waals surface area contributed by atoms with Gasteiger partial charge in [-0.1, -0.05) is 6.07 Å². The normalized spacial score (nSPS) is 10.5. The molecule has 9 nitrogen and oxygen atoms in total. The first kappa shape index (κ1) is 14.6. The van der Waals surface area contributed by atoms with Gasteiger partial charge in [-0.3, -0.25) is 15.1 Å². The molecule has 0 spiro atoms. The van der Waals surface area contributed by atoms with Crippen LogP contribution < -0.4 is 5.32 Å². The molecule has 23 heavy (non-hydrogen) atoms. The van der Waals surface area contributed by atoms with Crippen LogP contribution in [-0.4, -0.2) is 29.7 Å². The number of nitrogens with one attached hydrogen (secondary N) is 1. The molecule has 1 N–H and O–H groups in total. The molecule has 0 aromatic carbocycles. The Bertz CT molecular complexity index is 832. The maximum Gasteiger partial charge on any atom is 0.307 e. The number of hydrogen-bond donors (Lipinski definition) is 1. The first-order valence-corrected chi connectivity index (χ1v) is 6.80. The van der Waals surface area contributed by atoms with Gasteiger partial charge in [0.1, 0.15) is 18.2 Å². The molecule has 3 aromatic heterocycles. The van der Waals surface area contributed by atoms with Crippen LogP contribution in [0, 0.1) is 17.0 Å². The van der Waals surface area contributed by atoms with Gasteiger partial charge in [-0.25, -0.2) is 4.98 Å². The molecule has 0 bridgehead atoms. The summed E-state index contributed by atoms with van der Waals surface area (Å²) < 4.78 is 1.28. The highest BCUT2D eigenvalue weighted by molar-refractivity contribution is 5.39. The molecule has 0 amide bonds. The van der Waals surface area contributed by atoms with Gasteiger partial charge in [-0.15, -0.1) is 0 Å². The molecule has 0 radical (unpaired) electrons. The van der Waals surface area contributed by atoms with Crippen LogP contribution in [-0.2, 0) is 6.54 Å². The minimum atomic E-state index is -0.513. The van der Waals surface area contributed by atoms with E-state index in [1.807, 2.05) is 19.1 Å². The summed E-state index contributed by atoms with van der Waals surface area (Å²) in [6.45, 7) is 2.38. The maximum absolute atomic E-state index is 10.7. The van der Waals surface area contributed by atoms with Crippen LogP contribution in [0.15, 0.2) is 43.0 Å². The summed E-state index contributed by atoms with van der Waals surface area (Å²) in [5.41, 5.74) is 1.63. The molecule has 0 unspecified atom stereocenters. The van der Waals surface area contributed by atoms with Crippen LogP contribution in [0.4, 0.5) is 11.5 Å². The van der Waals surface area contributed by atoms with Crippen molar-refractivity contribution in [1.82, 2.24) is 24.7 Å². The number of nitrogens with zero attached hydrogens (tertiary/aromatic N) is 6. The van der Waals surface area contributed by atoms with Crippen molar-refractivity contribution in [2.45, 2.75) is 13.5 Å². The summed E-state index contributed by atoms with van der Waals surface area (Å²) in [6.07, 6.45) is 5.91. The van der Waals surface area contributed by atoms with Crippen molar-refractivity contribution in [3.63, 3.8) is 0 Å². The SMILES string of the molecule is Cc1cc(NCc2cccnc2)nc(-n2cc([N+](=O)[O-])cn2)n1. The summed E-state index contributed by atoms with van der Waals surface area (Å²) in [5, 5.41) is 17.8. The van der Waals surface area contributed by atoms with Crippen molar-refractivity contribution in [2.24, 2.45) is 0 Å². The molecule has 0 aliphatic rings. The van der Waals surface area contributed by atoms with Gasteiger partial charge in [0.25, 0.3) is 5.95 Å². The van der Waals surface area contributed by atoms with E-state index in [0.29, 0.717) is 12.4 Å². The lowest BCUT2D eigenvalue weighted by Crippen LogP contribution is -2.08. The smallest absolute Gasteiger partial charge is 0.307 e. The van der Waals surface area contributed by atoms with E-state index in [4.69, 9.17) is 0 Å². The van der Waals surface area contributed by atoms with Crippen LogP contribution in [0.25, 0.3) is 5.95 Å². The summed E-state index contributed by atoms with van der Waals surface area (Å²) >= 11 is 0. The average Bonchev–Trinajstić information content (AvgIpc) is 3.04. The molecule has 3 heterocycles.